The van der Waals surface area contributed by atoms with Gasteiger partial charge in [0.1, 0.15) is 22.9 Å². The molecule has 5 rings (SSSR count). The predicted molar refractivity (Wildman–Crippen MR) is 144 cm³/mol. The van der Waals surface area contributed by atoms with E-state index in [0.717, 1.165) is 43.2 Å². The van der Waals surface area contributed by atoms with Crippen molar-refractivity contribution < 1.29 is 35.9 Å². The van der Waals surface area contributed by atoms with Crippen LogP contribution in [0.1, 0.15) is 72.1 Å². The number of alkyl halides is 3. The third kappa shape index (κ3) is 6.85. The Morgan fingerprint density at radius 1 is 1.29 bits per heavy atom. The van der Waals surface area contributed by atoms with E-state index in [1.807, 2.05) is 12.1 Å². The molecule has 1 fully saturated rings. The Balaban J connectivity index is 1.39. The summed E-state index contributed by atoms with van der Waals surface area (Å²) in [5, 5.41) is 10.5. The maximum atomic E-state index is 13.6. The van der Waals surface area contributed by atoms with Crippen LogP contribution < -0.4 is 20.1 Å². The van der Waals surface area contributed by atoms with Gasteiger partial charge < -0.3 is 15.4 Å². The molecule has 2 aliphatic carbocycles. The number of carbonyl (C=O) groups is 2. The van der Waals surface area contributed by atoms with Crippen LogP contribution in [-0.4, -0.2) is 55.6 Å². The molecule has 2 heterocycles. The standard InChI is InChI=1S/C27H34F3N5O5S/c1-31-41(38,39)16-22(36)32-24-23-21(34-35(24)12-9-17-5-6-17)15-26(33-25(23)37)10-2-4-18-14-19(7-8-20(18)26)40-13-3-11-27(28,29)30/h7-8,14,17,31H,2-6,9-13,15-16H2,1H3,(H,32,36)(H,33,37)/t26-/m0/s1. The summed E-state index contributed by atoms with van der Waals surface area (Å²) in [5.74, 6) is -0.713. The molecule has 3 N–H and O–H groups in total. The predicted octanol–water partition coefficient (Wildman–Crippen LogP) is 3.41. The summed E-state index contributed by atoms with van der Waals surface area (Å²) in [6.45, 7) is 0.434. The molecule has 0 radical (unpaired) electrons. The molecular formula is C27H34F3N5O5S. The molecule has 2 amide bonds. The Bertz CT molecular complexity index is 1440. The molecule has 2 aromatic rings. The van der Waals surface area contributed by atoms with E-state index in [4.69, 9.17) is 9.84 Å². The Morgan fingerprint density at radius 3 is 2.78 bits per heavy atom. The number of nitrogens with zero attached hydrogens (tertiary/aromatic N) is 2. The number of rotatable bonds is 11. The molecule has 41 heavy (non-hydrogen) atoms. The number of benzene rings is 1. The summed E-state index contributed by atoms with van der Waals surface area (Å²) in [6, 6.07) is 5.39. The van der Waals surface area contributed by atoms with Gasteiger partial charge in [0.05, 0.1) is 17.8 Å². The van der Waals surface area contributed by atoms with E-state index in [9.17, 15) is 31.2 Å². The van der Waals surface area contributed by atoms with Crippen LogP contribution in [-0.2, 0) is 39.7 Å². The Labute approximate surface area is 236 Å². The number of aromatic nitrogens is 2. The van der Waals surface area contributed by atoms with Crippen LogP contribution in [0.5, 0.6) is 5.75 Å². The number of halogens is 3. The highest BCUT2D eigenvalue weighted by atomic mass is 32.2. The quantitative estimate of drug-likeness (QED) is 0.341. The van der Waals surface area contributed by atoms with Gasteiger partial charge in [-0.3, -0.25) is 9.59 Å². The van der Waals surface area contributed by atoms with Gasteiger partial charge in [-0.2, -0.15) is 18.3 Å². The highest BCUT2D eigenvalue weighted by Crippen LogP contribution is 2.43. The van der Waals surface area contributed by atoms with Gasteiger partial charge in [-0.25, -0.2) is 17.8 Å². The van der Waals surface area contributed by atoms with Gasteiger partial charge in [-0.1, -0.05) is 18.9 Å². The SMILES string of the molecule is CNS(=O)(=O)CC(=O)Nc1c2c(nn1CCC1CC1)C[C@]1(CCCc3cc(OCCCC(F)(F)F)ccc31)NC2=O. The average molecular weight is 598 g/mol. The van der Waals surface area contributed by atoms with Crippen molar-refractivity contribution >= 4 is 27.7 Å². The van der Waals surface area contributed by atoms with Crippen LogP contribution >= 0.6 is 0 Å². The van der Waals surface area contributed by atoms with Crippen molar-refractivity contribution in [3.63, 3.8) is 0 Å². The van der Waals surface area contributed by atoms with Gasteiger partial charge in [0, 0.05) is 19.4 Å². The highest BCUT2D eigenvalue weighted by molar-refractivity contribution is 7.90. The molecule has 0 saturated heterocycles. The third-order valence-electron chi connectivity index (χ3n) is 7.93. The lowest BCUT2D eigenvalue weighted by molar-refractivity contribution is -0.136. The molecule has 10 nitrogen and oxygen atoms in total. The number of hydrogen-bond acceptors (Lipinski definition) is 6. The maximum Gasteiger partial charge on any atom is 0.389 e. The molecule has 1 aromatic carbocycles. The van der Waals surface area contributed by atoms with E-state index in [-0.39, 0.29) is 24.4 Å². The minimum Gasteiger partial charge on any atom is -0.494 e. The first-order valence-electron chi connectivity index (χ1n) is 13.8. The second kappa shape index (κ2) is 11.3. The van der Waals surface area contributed by atoms with Crippen LogP contribution in [0.25, 0.3) is 0 Å². The van der Waals surface area contributed by atoms with Crippen molar-refractivity contribution in [2.24, 2.45) is 5.92 Å². The van der Waals surface area contributed by atoms with Gasteiger partial charge in [0.2, 0.25) is 15.9 Å². The molecule has 1 aliphatic heterocycles. The number of nitrogens with one attached hydrogen (secondary N) is 3. The first-order valence-corrected chi connectivity index (χ1v) is 15.5. The first kappa shape index (κ1) is 29.4. The van der Waals surface area contributed by atoms with Crippen molar-refractivity contribution in [1.82, 2.24) is 19.8 Å². The average Bonchev–Trinajstić information content (AvgIpc) is 3.66. The van der Waals surface area contributed by atoms with Crippen LogP contribution in [0.15, 0.2) is 18.2 Å². The molecule has 0 unspecified atom stereocenters. The molecule has 1 atom stereocenters. The smallest absolute Gasteiger partial charge is 0.389 e. The fraction of sp³-hybridized carbons (Fsp3) is 0.593. The first-order chi connectivity index (χ1) is 19.4. The summed E-state index contributed by atoms with van der Waals surface area (Å²) in [5.41, 5.74) is 1.88. The molecule has 14 heteroatoms. The summed E-state index contributed by atoms with van der Waals surface area (Å²) in [6.07, 6.45) is 0.360. The number of sulfonamides is 1. The number of fused-ring (bicyclic) bond motifs is 3. The number of hydrogen-bond donors (Lipinski definition) is 3. The molecule has 3 aliphatic rings. The van der Waals surface area contributed by atoms with E-state index in [0.29, 0.717) is 36.7 Å². The summed E-state index contributed by atoms with van der Waals surface area (Å²) in [7, 11) is -2.59. The normalized spacial score (nSPS) is 20.3. The molecule has 224 valence electrons. The lowest BCUT2D eigenvalue weighted by Crippen LogP contribution is -2.52. The number of aryl methyl sites for hydroxylation is 2. The van der Waals surface area contributed by atoms with Crippen molar-refractivity contribution in [1.29, 1.82) is 0 Å². The molecular weight excluding hydrogens is 563 g/mol. The number of amides is 2. The topological polar surface area (TPSA) is 131 Å². The van der Waals surface area contributed by atoms with E-state index < -0.39 is 45.7 Å². The van der Waals surface area contributed by atoms with Crippen LogP contribution in [0.4, 0.5) is 19.0 Å². The number of carbonyl (C=O) groups excluding carboxylic acids is 2. The second-order valence-corrected chi connectivity index (χ2v) is 13.0. The van der Waals surface area contributed by atoms with Crippen LogP contribution in [0.2, 0.25) is 0 Å². The van der Waals surface area contributed by atoms with Crippen molar-refractivity contribution in [2.45, 2.75) is 76.0 Å². The summed E-state index contributed by atoms with van der Waals surface area (Å²) >= 11 is 0. The van der Waals surface area contributed by atoms with E-state index in [2.05, 4.69) is 15.4 Å². The zero-order valence-electron chi connectivity index (χ0n) is 22.8. The highest BCUT2D eigenvalue weighted by Gasteiger charge is 2.45. The van der Waals surface area contributed by atoms with Crippen LogP contribution in [0.3, 0.4) is 0 Å². The minimum absolute atomic E-state index is 0.0497. The lowest BCUT2D eigenvalue weighted by atomic mass is 9.72. The monoisotopic (exact) mass is 597 g/mol. The molecule has 1 saturated carbocycles. The van der Waals surface area contributed by atoms with Gasteiger partial charge in [0.15, 0.2) is 0 Å². The summed E-state index contributed by atoms with van der Waals surface area (Å²) < 4.78 is 70.5. The molecule has 1 spiro atoms. The van der Waals surface area contributed by atoms with Gasteiger partial charge in [-0.15, -0.1) is 0 Å². The number of anilines is 1. The minimum atomic E-state index is -4.22. The van der Waals surface area contributed by atoms with Crippen molar-refractivity contribution in [3.05, 3.63) is 40.6 Å². The van der Waals surface area contributed by atoms with Crippen molar-refractivity contribution in [3.8, 4) is 5.75 Å². The Hall–Kier alpha value is -3.13. The fourth-order valence-electron chi connectivity index (χ4n) is 5.72. The second-order valence-electron chi connectivity index (χ2n) is 11.1. The van der Waals surface area contributed by atoms with Crippen LogP contribution in [0, 0.1) is 5.92 Å². The van der Waals surface area contributed by atoms with Gasteiger partial charge in [-0.05, 0) is 68.3 Å². The third-order valence-corrected chi connectivity index (χ3v) is 9.19. The van der Waals surface area contributed by atoms with Gasteiger partial charge >= 0.3 is 6.18 Å². The van der Waals surface area contributed by atoms with E-state index >= 15 is 0 Å². The Kier molecular flexibility index (Phi) is 8.07. The van der Waals surface area contributed by atoms with Crippen molar-refractivity contribution in [2.75, 3.05) is 24.7 Å². The van der Waals surface area contributed by atoms with Gasteiger partial charge in [0.25, 0.3) is 5.91 Å². The fourth-order valence-corrected chi connectivity index (χ4v) is 6.28. The van der Waals surface area contributed by atoms with E-state index in [1.54, 1.807) is 10.7 Å². The molecule has 0 bridgehead atoms. The Morgan fingerprint density at radius 2 is 2.07 bits per heavy atom. The zero-order chi connectivity index (χ0) is 29.4. The lowest BCUT2D eigenvalue weighted by Gasteiger charge is -2.42. The largest absolute Gasteiger partial charge is 0.494 e. The molecule has 1 aromatic heterocycles. The number of ether oxygens (including phenoxy) is 1. The zero-order valence-corrected chi connectivity index (χ0v) is 23.6. The summed E-state index contributed by atoms with van der Waals surface area (Å²) in [4.78, 5) is 26.3. The maximum absolute atomic E-state index is 13.6. The van der Waals surface area contributed by atoms with E-state index in [1.165, 1.54) is 7.05 Å².